The highest BCUT2D eigenvalue weighted by Gasteiger charge is 2.34. The van der Waals surface area contributed by atoms with Crippen LogP contribution in [0.25, 0.3) is 11.1 Å². The molecule has 0 unspecified atom stereocenters. The van der Waals surface area contributed by atoms with Gasteiger partial charge in [0.05, 0.1) is 18.2 Å². The first-order valence-corrected chi connectivity index (χ1v) is 10.6. The fraction of sp³-hybridized carbons (Fsp3) is 0.111. The molecule has 0 aliphatic carbocycles. The second-order valence-electron chi connectivity index (χ2n) is 7.99. The molecule has 0 aliphatic heterocycles. The Morgan fingerprint density at radius 2 is 0.892 bits per heavy atom. The van der Waals surface area contributed by atoms with Gasteiger partial charge in [0.15, 0.2) is 34.9 Å². The Balaban J connectivity index is 1.67. The summed E-state index contributed by atoms with van der Waals surface area (Å²) in [4.78, 5) is 0. The minimum Gasteiger partial charge on any atom is -0.497 e. The lowest BCUT2D eigenvalue weighted by molar-refractivity contribution is 0.366. The van der Waals surface area contributed by atoms with Crippen LogP contribution < -0.4 is 9.47 Å². The van der Waals surface area contributed by atoms with E-state index in [-0.39, 0.29) is 5.75 Å². The predicted octanol–water partition coefficient (Wildman–Crippen LogP) is 8.17. The summed E-state index contributed by atoms with van der Waals surface area (Å²) in [7, 11) is 1.53. The summed E-state index contributed by atoms with van der Waals surface area (Å²) in [6.07, 6.45) is 0.478. The first kappa shape index (κ1) is 26.0. The van der Waals surface area contributed by atoms with Gasteiger partial charge in [-0.1, -0.05) is 24.3 Å². The van der Waals surface area contributed by atoms with Crippen molar-refractivity contribution in [1.82, 2.24) is 0 Å². The molecular formula is C27H16F8O2. The standard InChI is InChI=1S/C27H16F8O2/c1-12-19(28)21(30)17(22(31)20(12)29)18-23(32)25(34)27(26(35)24(18)33)37-16-9-5-14(6-10-16)11-13-3-7-15(36-2)8-4-13/h3-10H,11H2,1-2H3. The lowest BCUT2D eigenvalue weighted by Gasteiger charge is -2.15. The average Bonchev–Trinajstić information content (AvgIpc) is 2.91. The highest BCUT2D eigenvalue weighted by atomic mass is 19.2. The molecule has 0 amide bonds. The number of hydrogen-bond donors (Lipinski definition) is 0. The van der Waals surface area contributed by atoms with Crippen LogP contribution >= 0.6 is 0 Å². The molecule has 0 atom stereocenters. The maximum atomic E-state index is 14.7. The van der Waals surface area contributed by atoms with Gasteiger partial charge in [-0.3, -0.25) is 0 Å². The van der Waals surface area contributed by atoms with Crippen LogP contribution in [0.2, 0.25) is 0 Å². The van der Waals surface area contributed by atoms with Gasteiger partial charge in [0.25, 0.3) is 0 Å². The van der Waals surface area contributed by atoms with Crippen molar-refractivity contribution in [2.45, 2.75) is 13.3 Å². The van der Waals surface area contributed by atoms with Crippen LogP contribution in [0, 0.1) is 53.5 Å². The Kier molecular flexibility index (Phi) is 7.11. The van der Waals surface area contributed by atoms with Gasteiger partial charge in [0.2, 0.25) is 17.4 Å². The van der Waals surface area contributed by atoms with E-state index in [4.69, 9.17) is 9.47 Å². The Morgan fingerprint density at radius 3 is 1.30 bits per heavy atom. The second kappa shape index (κ2) is 10.1. The quantitative estimate of drug-likeness (QED) is 0.187. The maximum Gasteiger partial charge on any atom is 0.205 e. The maximum absolute atomic E-state index is 14.7. The third kappa shape index (κ3) is 4.71. The van der Waals surface area contributed by atoms with Crippen molar-refractivity contribution in [2.24, 2.45) is 0 Å². The zero-order valence-corrected chi connectivity index (χ0v) is 19.2. The van der Waals surface area contributed by atoms with Crippen LogP contribution in [-0.2, 0) is 6.42 Å². The van der Waals surface area contributed by atoms with Gasteiger partial charge in [-0.25, -0.2) is 26.3 Å². The van der Waals surface area contributed by atoms with Crippen LogP contribution in [0.15, 0.2) is 48.5 Å². The SMILES string of the molecule is COc1ccc(Cc2ccc(Oc3c(F)c(F)c(-c4c(F)c(F)c(C)c(F)c4F)c(F)c3F)cc2)cc1. The van der Waals surface area contributed by atoms with E-state index in [0.717, 1.165) is 11.1 Å². The van der Waals surface area contributed by atoms with Gasteiger partial charge in [-0.2, -0.15) is 8.78 Å². The second-order valence-corrected chi connectivity index (χ2v) is 7.99. The zero-order chi connectivity index (χ0) is 27.0. The molecule has 0 spiro atoms. The molecule has 0 saturated carbocycles. The molecule has 10 heteroatoms. The first-order valence-electron chi connectivity index (χ1n) is 10.6. The zero-order valence-electron chi connectivity index (χ0n) is 19.2. The summed E-state index contributed by atoms with van der Waals surface area (Å²) < 4.78 is 125. The third-order valence-corrected chi connectivity index (χ3v) is 5.67. The van der Waals surface area contributed by atoms with Gasteiger partial charge in [-0.05, 0) is 48.7 Å². The highest BCUT2D eigenvalue weighted by molar-refractivity contribution is 5.69. The average molecular weight is 524 g/mol. The molecule has 2 nitrogen and oxygen atoms in total. The van der Waals surface area contributed by atoms with E-state index in [0.29, 0.717) is 19.1 Å². The van der Waals surface area contributed by atoms with E-state index in [1.54, 1.807) is 24.3 Å². The van der Waals surface area contributed by atoms with Crippen LogP contribution in [0.5, 0.6) is 17.2 Å². The van der Waals surface area contributed by atoms with Gasteiger partial charge in [-0.15, -0.1) is 0 Å². The van der Waals surface area contributed by atoms with Crippen molar-refractivity contribution >= 4 is 0 Å². The van der Waals surface area contributed by atoms with E-state index in [1.165, 1.54) is 19.2 Å². The van der Waals surface area contributed by atoms with Gasteiger partial charge in [0, 0.05) is 5.56 Å². The third-order valence-electron chi connectivity index (χ3n) is 5.67. The highest BCUT2D eigenvalue weighted by Crippen LogP contribution is 2.41. The van der Waals surface area contributed by atoms with Crippen LogP contribution in [-0.4, -0.2) is 7.11 Å². The fourth-order valence-electron chi connectivity index (χ4n) is 3.65. The predicted molar refractivity (Wildman–Crippen MR) is 119 cm³/mol. The monoisotopic (exact) mass is 524 g/mol. The number of methoxy groups -OCH3 is 1. The summed E-state index contributed by atoms with van der Waals surface area (Å²) in [6, 6.07) is 12.8. The number of halogens is 8. The normalized spacial score (nSPS) is 11.1. The molecule has 0 fully saturated rings. The van der Waals surface area contributed by atoms with Crippen LogP contribution in [0.4, 0.5) is 35.1 Å². The molecule has 4 rings (SSSR count). The summed E-state index contributed by atoms with van der Waals surface area (Å²) in [6.45, 7) is 0.674. The van der Waals surface area contributed by atoms with E-state index in [1.807, 2.05) is 12.1 Å². The molecular weight excluding hydrogens is 508 g/mol. The minimum atomic E-state index is -2.30. The van der Waals surface area contributed by atoms with Crippen molar-refractivity contribution in [3.63, 3.8) is 0 Å². The molecule has 4 aromatic rings. The number of hydrogen-bond acceptors (Lipinski definition) is 2. The van der Waals surface area contributed by atoms with Crippen molar-refractivity contribution in [3.05, 3.63) is 112 Å². The first-order chi connectivity index (χ1) is 17.5. The van der Waals surface area contributed by atoms with Crippen molar-refractivity contribution in [1.29, 1.82) is 0 Å². The summed E-state index contributed by atoms with van der Waals surface area (Å²) in [5, 5.41) is 0. The van der Waals surface area contributed by atoms with Crippen LogP contribution in [0.3, 0.4) is 0 Å². The molecule has 0 radical (unpaired) electrons. The van der Waals surface area contributed by atoms with Crippen molar-refractivity contribution in [3.8, 4) is 28.4 Å². The van der Waals surface area contributed by atoms with E-state index in [9.17, 15) is 35.1 Å². The van der Waals surface area contributed by atoms with E-state index >= 15 is 0 Å². The Bertz CT molecular complexity index is 1420. The lowest BCUT2D eigenvalue weighted by Crippen LogP contribution is -2.09. The molecule has 0 N–H and O–H groups in total. The van der Waals surface area contributed by atoms with Gasteiger partial charge < -0.3 is 9.47 Å². The topological polar surface area (TPSA) is 18.5 Å². The number of ether oxygens (including phenoxy) is 2. The molecule has 0 saturated heterocycles. The molecule has 4 aromatic carbocycles. The smallest absolute Gasteiger partial charge is 0.205 e. The van der Waals surface area contributed by atoms with E-state index in [2.05, 4.69) is 0 Å². The van der Waals surface area contributed by atoms with Crippen LogP contribution in [0.1, 0.15) is 16.7 Å². The molecule has 0 aliphatic rings. The minimum absolute atomic E-state index is 0.215. The summed E-state index contributed by atoms with van der Waals surface area (Å²) in [5.74, 6) is -18.4. The molecule has 0 bridgehead atoms. The fourth-order valence-corrected chi connectivity index (χ4v) is 3.65. The molecule has 192 valence electrons. The largest absolute Gasteiger partial charge is 0.497 e. The Hall–Kier alpha value is -4.08. The molecule has 37 heavy (non-hydrogen) atoms. The van der Waals surface area contributed by atoms with Gasteiger partial charge >= 0.3 is 0 Å². The van der Waals surface area contributed by atoms with Gasteiger partial charge in [0.1, 0.15) is 11.5 Å². The number of rotatable bonds is 6. The Labute approximate surface area is 205 Å². The van der Waals surface area contributed by atoms with Crippen molar-refractivity contribution in [2.75, 3.05) is 7.11 Å². The lowest BCUT2D eigenvalue weighted by atomic mass is 9.99. The summed E-state index contributed by atoms with van der Waals surface area (Å²) in [5.41, 5.74) is -3.31. The molecule has 0 heterocycles. The summed E-state index contributed by atoms with van der Waals surface area (Å²) >= 11 is 0. The number of benzene rings is 4. The van der Waals surface area contributed by atoms with E-state index < -0.39 is 69.0 Å². The molecule has 0 aromatic heterocycles. The Morgan fingerprint density at radius 1 is 0.514 bits per heavy atom. The van der Waals surface area contributed by atoms with Crippen molar-refractivity contribution < 1.29 is 44.6 Å².